The van der Waals surface area contributed by atoms with E-state index in [1.807, 2.05) is 0 Å². The minimum absolute atomic E-state index is 0.126. The number of hydrazone groups is 1. The van der Waals surface area contributed by atoms with Crippen LogP contribution in [0.3, 0.4) is 0 Å². The maximum absolute atomic E-state index is 12.5. The molecular weight excluding hydrogens is 445 g/mol. The molecule has 0 aliphatic heterocycles. The fourth-order valence-corrected chi connectivity index (χ4v) is 3.03. The number of aromatic hydroxyl groups is 1. The van der Waals surface area contributed by atoms with E-state index < -0.39 is 22.3 Å². The van der Waals surface area contributed by atoms with Gasteiger partial charge in [0.2, 0.25) is 0 Å². The zero-order chi connectivity index (χ0) is 22.4. The Kier molecular flexibility index (Phi) is 7.07. The molecule has 31 heavy (non-hydrogen) atoms. The first-order valence-electron chi connectivity index (χ1n) is 8.81. The molecule has 0 fully saturated rings. The van der Waals surface area contributed by atoms with Gasteiger partial charge in [-0.2, -0.15) is 5.10 Å². The number of carbonyl (C=O) groups excluding carboxylic acids is 1. The highest BCUT2D eigenvalue weighted by Crippen LogP contribution is 2.26. The molecule has 3 aromatic rings. The van der Waals surface area contributed by atoms with E-state index in [0.29, 0.717) is 26.9 Å². The van der Waals surface area contributed by atoms with Crippen LogP contribution in [0.4, 0.5) is 5.69 Å². The molecular formula is C21H15Cl2N3O5. The van der Waals surface area contributed by atoms with Gasteiger partial charge < -0.3 is 9.84 Å². The van der Waals surface area contributed by atoms with Crippen molar-refractivity contribution in [3.63, 3.8) is 0 Å². The van der Waals surface area contributed by atoms with Crippen LogP contribution >= 0.6 is 23.2 Å². The Morgan fingerprint density at radius 2 is 1.94 bits per heavy atom. The average Bonchev–Trinajstić information content (AvgIpc) is 2.74. The summed E-state index contributed by atoms with van der Waals surface area (Å²) in [4.78, 5) is 22.7. The van der Waals surface area contributed by atoms with E-state index in [9.17, 15) is 20.0 Å². The van der Waals surface area contributed by atoms with Crippen LogP contribution in [0.1, 0.15) is 21.5 Å². The van der Waals surface area contributed by atoms with E-state index in [-0.39, 0.29) is 12.2 Å². The largest absolute Gasteiger partial charge is 0.502 e. The highest BCUT2D eigenvalue weighted by Gasteiger charge is 2.14. The lowest BCUT2D eigenvalue weighted by molar-refractivity contribution is -0.385. The second kappa shape index (κ2) is 9.92. The van der Waals surface area contributed by atoms with Gasteiger partial charge in [0.15, 0.2) is 5.75 Å². The van der Waals surface area contributed by atoms with Crippen molar-refractivity contribution in [1.82, 2.24) is 5.43 Å². The third-order valence-corrected chi connectivity index (χ3v) is 4.69. The number of phenols is 1. The number of phenolic OH excluding ortho intramolecular Hbond substituents is 1. The third-order valence-electron chi connectivity index (χ3n) is 4.11. The quantitative estimate of drug-likeness (QED) is 0.294. The molecule has 0 heterocycles. The summed E-state index contributed by atoms with van der Waals surface area (Å²) >= 11 is 12.0. The average molecular weight is 460 g/mol. The molecule has 8 nitrogen and oxygen atoms in total. The van der Waals surface area contributed by atoms with Crippen molar-refractivity contribution in [2.75, 3.05) is 0 Å². The fraction of sp³-hybridized carbons (Fsp3) is 0.0476. The van der Waals surface area contributed by atoms with Crippen LogP contribution < -0.4 is 10.2 Å². The molecule has 0 spiro atoms. The van der Waals surface area contributed by atoms with Crippen molar-refractivity contribution in [3.8, 4) is 11.5 Å². The standard InChI is InChI=1S/C21H15Cl2N3O5/c22-15-7-6-14(17(23)10-15)12-31-20-4-2-1-3-16(20)21(28)25-24-11-13-5-8-19(27)18(9-13)26(29)30/h1-11,27H,12H2,(H,25,28)/b24-11+. The number of halogens is 2. The number of hydrogen-bond donors (Lipinski definition) is 2. The summed E-state index contributed by atoms with van der Waals surface area (Å²) in [6, 6.07) is 15.3. The first kappa shape index (κ1) is 22.1. The number of benzene rings is 3. The number of nitro benzene ring substituents is 1. The van der Waals surface area contributed by atoms with Gasteiger partial charge in [-0.1, -0.05) is 41.4 Å². The maximum atomic E-state index is 12.5. The molecule has 0 bridgehead atoms. The minimum atomic E-state index is -0.716. The summed E-state index contributed by atoms with van der Waals surface area (Å²) in [6.45, 7) is 0.126. The molecule has 3 rings (SSSR count). The molecule has 0 saturated carbocycles. The predicted octanol–water partition coefficient (Wildman–Crippen LogP) is 4.95. The number of nitrogens with zero attached hydrogens (tertiary/aromatic N) is 2. The Labute approximate surface area is 186 Å². The number of carbonyl (C=O) groups is 1. The summed E-state index contributed by atoms with van der Waals surface area (Å²) in [5, 5.41) is 25.1. The highest BCUT2D eigenvalue weighted by atomic mass is 35.5. The van der Waals surface area contributed by atoms with Crippen LogP contribution in [0.5, 0.6) is 11.5 Å². The lowest BCUT2D eigenvalue weighted by Gasteiger charge is -2.11. The van der Waals surface area contributed by atoms with Crippen LogP contribution in [-0.2, 0) is 6.61 Å². The molecule has 0 aromatic heterocycles. The molecule has 2 N–H and O–H groups in total. The first-order valence-corrected chi connectivity index (χ1v) is 9.57. The number of nitrogens with one attached hydrogen (secondary N) is 1. The van der Waals surface area contributed by atoms with Crippen LogP contribution in [0.25, 0.3) is 0 Å². The van der Waals surface area contributed by atoms with Gasteiger partial charge >= 0.3 is 5.69 Å². The van der Waals surface area contributed by atoms with Crippen molar-refractivity contribution in [3.05, 3.63) is 97.5 Å². The molecule has 0 unspecified atom stereocenters. The zero-order valence-corrected chi connectivity index (χ0v) is 17.3. The van der Waals surface area contributed by atoms with Crippen LogP contribution in [-0.4, -0.2) is 22.2 Å². The molecule has 3 aromatic carbocycles. The smallest absolute Gasteiger partial charge is 0.311 e. The van der Waals surface area contributed by atoms with Gasteiger partial charge in [0.25, 0.3) is 5.91 Å². The van der Waals surface area contributed by atoms with Gasteiger partial charge in [0.1, 0.15) is 12.4 Å². The van der Waals surface area contributed by atoms with Crippen molar-refractivity contribution in [1.29, 1.82) is 0 Å². The zero-order valence-electron chi connectivity index (χ0n) is 15.8. The van der Waals surface area contributed by atoms with E-state index >= 15 is 0 Å². The molecule has 0 atom stereocenters. The molecule has 0 aliphatic carbocycles. The second-order valence-electron chi connectivity index (χ2n) is 6.22. The number of ether oxygens (including phenoxy) is 1. The molecule has 0 aliphatic rings. The topological polar surface area (TPSA) is 114 Å². The normalized spacial score (nSPS) is 10.8. The van der Waals surface area contributed by atoms with Gasteiger partial charge in [-0.15, -0.1) is 0 Å². The van der Waals surface area contributed by atoms with Crippen LogP contribution in [0.2, 0.25) is 10.0 Å². The Hall–Kier alpha value is -3.62. The summed E-state index contributed by atoms with van der Waals surface area (Å²) in [5.41, 5.74) is 3.14. The van der Waals surface area contributed by atoms with E-state index in [1.165, 1.54) is 18.3 Å². The van der Waals surface area contributed by atoms with Crippen molar-refractivity contribution >= 4 is 41.0 Å². The summed E-state index contributed by atoms with van der Waals surface area (Å²) in [6.07, 6.45) is 1.22. The Morgan fingerprint density at radius 3 is 2.68 bits per heavy atom. The molecule has 1 amide bonds. The van der Waals surface area contributed by atoms with Crippen LogP contribution in [0, 0.1) is 10.1 Å². The van der Waals surface area contributed by atoms with Gasteiger partial charge in [0.05, 0.1) is 16.7 Å². The van der Waals surface area contributed by atoms with E-state index in [2.05, 4.69) is 10.5 Å². The van der Waals surface area contributed by atoms with Gasteiger partial charge in [0, 0.05) is 27.2 Å². The van der Waals surface area contributed by atoms with Gasteiger partial charge in [-0.3, -0.25) is 14.9 Å². The lowest BCUT2D eigenvalue weighted by Crippen LogP contribution is -2.18. The molecule has 158 valence electrons. The summed E-state index contributed by atoms with van der Waals surface area (Å²) < 4.78 is 5.74. The van der Waals surface area contributed by atoms with Crippen molar-refractivity contribution in [2.45, 2.75) is 6.61 Å². The first-order chi connectivity index (χ1) is 14.8. The predicted molar refractivity (Wildman–Crippen MR) is 117 cm³/mol. The summed E-state index contributed by atoms with van der Waals surface area (Å²) in [7, 11) is 0. The van der Waals surface area contributed by atoms with E-state index in [4.69, 9.17) is 27.9 Å². The van der Waals surface area contributed by atoms with Gasteiger partial charge in [-0.05, 0) is 36.4 Å². The van der Waals surface area contributed by atoms with E-state index in [1.54, 1.807) is 42.5 Å². The fourth-order valence-electron chi connectivity index (χ4n) is 2.57. The highest BCUT2D eigenvalue weighted by molar-refractivity contribution is 6.35. The monoisotopic (exact) mass is 459 g/mol. The number of hydrogen-bond acceptors (Lipinski definition) is 6. The molecule has 10 heteroatoms. The molecule has 0 radical (unpaired) electrons. The maximum Gasteiger partial charge on any atom is 0.311 e. The lowest BCUT2D eigenvalue weighted by atomic mass is 10.2. The van der Waals surface area contributed by atoms with E-state index in [0.717, 1.165) is 6.07 Å². The number of nitro groups is 1. The number of amides is 1. The third kappa shape index (κ3) is 5.71. The number of rotatable bonds is 7. The number of para-hydroxylation sites is 1. The van der Waals surface area contributed by atoms with Gasteiger partial charge in [-0.25, -0.2) is 5.43 Å². The Morgan fingerprint density at radius 1 is 1.16 bits per heavy atom. The Bertz CT molecular complexity index is 1170. The van der Waals surface area contributed by atoms with Crippen LogP contribution in [0.15, 0.2) is 65.8 Å². The van der Waals surface area contributed by atoms with Crippen molar-refractivity contribution < 1.29 is 19.6 Å². The SMILES string of the molecule is O=C(N/N=C/c1ccc(O)c([N+](=O)[O-])c1)c1ccccc1OCc1ccc(Cl)cc1Cl. The Balaban J connectivity index is 1.69. The summed E-state index contributed by atoms with van der Waals surface area (Å²) in [5.74, 6) is -0.679. The second-order valence-corrected chi connectivity index (χ2v) is 7.07. The minimum Gasteiger partial charge on any atom is -0.502 e. The molecule has 0 saturated heterocycles. The van der Waals surface area contributed by atoms with Crippen molar-refractivity contribution in [2.24, 2.45) is 5.10 Å².